The minimum Gasteiger partial charge on any atom is -0.358 e. The molecule has 1 N–H and O–H groups in total. The Morgan fingerprint density at radius 2 is 1.83 bits per heavy atom. The van der Waals surface area contributed by atoms with Gasteiger partial charge in [-0.15, -0.1) is 0 Å². The van der Waals surface area contributed by atoms with Gasteiger partial charge in [0, 0.05) is 22.7 Å². The van der Waals surface area contributed by atoms with Gasteiger partial charge < -0.3 is 4.98 Å². The largest absolute Gasteiger partial charge is 0.358 e. The summed E-state index contributed by atoms with van der Waals surface area (Å²) in [6.07, 6.45) is 12.0. The lowest BCUT2D eigenvalue weighted by atomic mass is 10.1. The summed E-state index contributed by atoms with van der Waals surface area (Å²) >= 11 is 0. The first kappa shape index (κ1) is 16.3. The molecule has 2 atom stereocenters. The number of hydrogen-bond donors (Lipinski definition) is 1. The van der Waals surface area contributed by atoms with Crippen molar-refractivity contribution in [3.63, 3.8) is 0 Å². The van der Waals surface area contributed by atoms with Crippen LogP contribution < -0.4 is 5.43 Å². The highest BCUT2D eigenvalue weighted by Crippen LogP contribution is 2.45. The number of aromatic nitrogens is 1. The molecule has 2 nitrogen and oxygen atoms in total. The molecule has 0 aliphatic heterocycles. The highest BCUT2D eigenvalue weighted by Gasteiger charge is 2.35. The van der Waals surface area contributed by atoms with E-state index in [2.05, 4.69) is 11.9 Å². The first-order valence-corrected chi connectivity index (χ1v) is 9.39. The maximum atomic E-state index is 12.1. The van der Waals surface area contributed by atoms with Gasteiger partial charge >= 0.3 is 0 Å². The minimum atomic E-state index is 0.148. The Labute approximate surface area is 139 Å². The average molecular weight is 311 g/mol. The zero-order chi connectivity index (χ0) is 16.1. The summed E-state index contributed by atoms with van der Waals surface area (Å²) in [6.45, 7) is 2.27. The molecule has 3 rings (SSSR count). The highest BCUT2D eigenvalue weighted by molar-refractivity contribution is 5.78. The third kappa shape index (κ3) is 4.46. The molecule has 1 heterocycles. The zero-order valence-corrected chi connectivity index (χ0v) is 14.3. The number of para-hydroxylation sites is 1. The molecular weight excluding hydrogens is 282 g/mol. The molecule has 1 aliphatic rings. The summed E-state index contributed by atoms with van der Waals surface area (Å²) in [5, 5.41) is 0.797. The Morgan fingerprint density at radius 3 is 2.65 bits per heavy atom. The maximum Gasteiger partial charge on any atom is 0.189 e. The van der Waals surface area contributed by atoms with E-state index in [4.69, 9.17) is 0 Å². The van der Waals surface area contributed by atoms with E-state index in [0.29, 0.717) is 0 Å². The predicted molar refractivity (Wildman–Crippen MR) is 97.9 cm³/mol. The van der Waals surface area contributed by atoms with E-state index < -0.39 is 0 Å². The number of rotatable bonds is 9. The smallest absolute Gasteiger partial charge is 0.189 e. The molecule has 2 aromatic rings. The van der Waals surface area contributed by atoms with Gasteiger partial charge in [0.2, 0.25) is 0 Å². The summed E-state index contributed by atoms with van der Waals surface area (Å²) in [4.78, 5) is 15.5. The van der Waals surface area contributed by atoms with Crippen molar-refractivity contribution in [1.82, 2.24) is 4.98 Å². The predicted octanol–water partition coefficient (Wildman–Crippen LogP) is 5.46. The van der Waals surface area contributed by atoms with Crippen LogP contribution in [0.15, 0.2) is 35.1 Å². The van der Waals surface area contributed by atoms with Crippen LogP contribution in [-0.4, -0.2) is 4.98 Å². The van der Waals surface area contributed by atoms with E-state index in [9.17, 15) is 4.79 Å². The van der Waals surface area contributed by atoms with Crippen LogP contribution in [0.2, 0.25) is 0 Å². The van der Waals surface area contributed by atoms with Gasteiger partial charge in [0.1, 0.15) is 0 Å². The molecule has 1 aliphatic carbocycles. The van der Waals surface area contributed by atoms with Crippen molar-refractivity contribution in [2.75, 3.05) is 0 Å². The fourth-order valence-electron chi connectivity index (χ4n) is 3.79. The molecule has 23 heavy (non-hydrogen) atoms. The van der Waals surface area contributed by atoms with Crippen LogP contribution in [0.5, 0.6) is 0 Å². The summed E-state index contributed by atoms with van der Waals surface area (Å²) in [7, 11) is 0. The van der Waals surface area contributed by atoms with Crippen LogP contribution in [0.3, 0.4) is 0 Å². The van der Waals surface area contributed by atoms with Gasteiger partial charge in [0.25, 0.3) is 0 Å². The van der Waals surface area contributed by atoms with Gasteiger partial charge in [-0.3, -0.25) is 4.79 Å². The second-order valence-corrected chi connectivity index (χ2v) is 7.20. The van der Waals surface area contributed by atoms with E-state index in [1.54, 1.807) is 6.07 Å². The molecule has 124 valence electrons. The van der Waals surface area contributed by atoms with Crippen LogP contribution in [0.4, 0.5) is 0 Å². The topological polar surface area (TPSA) is 32.9 Å². The van der Waals surface area contributed by atoms with Crippen LogP contribution in [-0.2, 0) is 6.42 Å². The van der Waals surface area contributed by atoms with Crippen LogP contribution >= 0.6 is 0 Å². The van der Waals surface area contributed by atoms with Crippen molar-refractivity contribution in [2.24, 2.45) is 11.8 Å². The number of pyridine rings is 1. The Balaban J connectivity index is 1.43. The number of hydrogen-bond acceptors (Lipinski definition) is 1. The molecule has 1 aromatic carbocycles. The lowest BCUT2D eigenvalue weighted by Crippen LogP contribution is -2.05. The molecule has 0 spiro atoms. The highest BCUT2D eigenvalue weighted by atomic mass is 16.1. The normalized spacial score (nSPS) is 20.0. The number of fused-ring (bicyclic) bond motifs is 1. The Kier molecular flexibility index (Phi) is 5.53. The van der Waals surface area contributed by atoms with Crippen molar-refractivity contribution in [3.8, 4) is 0 Å². The number of unbranched alkanes of at least 4 members (excludes halogenated alkanes) is 3. The fourth-order valence-corrected chi connectivity index (χ4v) is 3.79. The molecule has 2 unspecified atom stereocenters. The van der Waals surface area contributed by atoms with Crippen molar-refractivity contribution in [2.45, 2.75) is 64.7 Å². The number of benzene rings is 1. The van der Waals surface area contributed by atoms with Crippen molar-refractivity contribution < 1.29 is 0 Å². The summed E-state index contributed by atoms with van der Waals surface area (Å²) in [6, 6.07) is 9.58. The molecule has 0 saturated heterocycles. The van der Waals surface area contributed by atoms with E-state index >= 15 is 0 Å². The van der Waals surface area contributed by atoms with Crippen molar-refractivity contribution >= 4 is 10.9 Å². The van der Waals surface area contributed by atoms with Gasteiger partial charge in [0.05, 0.1) is 0 Å². The number of aromatic amines is 1. The number of nitrogens with one attached hydrogen (secondary N) is 1. The van der Waals surface area contributed by atoms with Gasteiger partial charge in [-0.05, 0) is 49.7 Å². The molecule has 1 saturated carbocycles. The van der Waals surface area contributed by atoms with E-state index in [-0.39, 0.29) is 5.43 Å². The SMILES string of the molecule is CCCCCCC1CC1CCCc1cc(=O)c2ccccc2[nH]1. The second-order valence-electron chi connectivity index (χ2n) is 7.20. The van der Waals surface area contributed by atoms with Crippen LogP contribution in [0.25, 0.3) is 10.9 Å². The maximum absolute atomic E-state index is 12.1. The lowest BCUT2D eigenvalue weighted by molar-refractivity contribution is 0.542. The third-order valence-electron chi connectivity index (χ3n) is 5.31. The van der Waals surface area contributed by atoms with Crippen LogP contribution in [0.1, 0.15) is 64.0 Å². The van der Waals surface area contributed by atoms with Crippen LogP contribution in [0, 0.1) is 11.8 Å². The van der Waals surface area contributed by atoms with Gasteiger partial charge in [0.15, 0.2) is 5.43 Å². The average Bonchev–Trinajstić information content (AvgIpc) is 3.30. The summed E-state index contributed by atoms with van der Waals surface area (Å²) in [5.74, 6) is 1.96. The number of H-pyrrole nitrogens is 1. The van der Waals surface area contributed by atoms with Crippen molar-refractivity contribution in [1.29, 1.82) is 0 Å². The Bertz CT molecular complexity index is 688. The summed E-state index contributed by atoms with van der Waals surface area (Å²) < 4.78 is 0. The number of aryl methyl sites for hydroxylation is 1. The van der Waals surface area contributed by atoms with Gasteiger partial charge in [-0.2, -0.15) is 0 Å². The molecule has 1 fully saturated rings. The first-order chi connectivity index (χ1) is 11.3. The fraction of sp³-hybridized carbons (Fsp3) is 0.571. The minimum absolute atomic E-state index is 0.148. The van der Waals surface area contributed by atoms with Gasteiger partial charge in [-0.1, -0.05) is 51.2 Å². The zero-order valence-electron chi connectivity index (χ0n) is 14.3. The van der Waals surface area contributed by atoms with Gasteiger partial charge in [-0.25, -0.2) is 0 Å². The standard InChI is InChI=1S/C21H29NO/c1-2-3-4-5-9-16-14-17(16)10-8-11-18-15-21(23)19-12-6-7-13-20(19)22-18/h6-7,12-13,15-17H,2-5,8-11,14H2,1H3,(H,22,23). The first-order valence-electron chi connectivity index (χ1n) is 9.39. The third-order valence-corrected chi connectivity index (χ3v) is 5.31. The summed E-state index contributed by atoms with van der Waals surface area (Å²) in [5.41, 5.74) is 2.21. The molecule has 0 bridgehead atoms. The molecule has 0 radical (unpaired) electrons. The lowest BCUT2D eigenvalue weighted by Gasteiger charge is -2.05. The molecule has 2 heteroatoms. The Morgan fingerprint density at radius 1 is 1.04 bits per heavy atom. The van der Waals surface area contributed by atoms with E-state index in [0.717, 1.165) is 34.9 Å². The quantitative estimate of drug-likeness (QED) is 0.613. The van der Waals surface area contributed by atoms with E-state index in [1.165, 1.54) is 51.4 Å². The van der Waals surface area contributed by atoms with Crippen molar-refractivity contribution in [3.05, 3.63) is 46.2 Å². The second kappa shape index (κ2) is 7.81. The molecule has 1 aromatic heterocycles. The van der Waals surface area contributed by atoms with E-state index in [1.807, 2.05) is 24.3 Å². The molecular formula is C21H29NO. The monoisotopic (exact) mass is 311 g/mol. The molecule has 0 amide bonds. The Hall–Kier alpha value is -1.57.